The number of benzene rings is 1. The molecule has 1 heterocycles. The fourth-order valence-electron chi connectivity index (χ4n) is 4.35. The Morgan fingerprint density at radius 2 is 1.62 bits per heavy atom. The number of likely N-dealkylation sites (tertiary alicyclic amines) is 1. The van der Waals surface area contributed by atoms with Gasteiger partial charge in [-0.2, -0.15) is 0 Å². The quantitative estimate of drug-likeness (QED) is 0.472. The summed E-state index contributed by atoms with van der Waals surface area (Å²) >= 11 is 0. The van der Waals surface area contributed by atoms with Gasteiger partial charge in [0, 0.05) is 37.1 Å². The molecule has 1 atom stereocenters. The van der Waals surface area contributed by atoms with Crippen LogP contribution >= 0.6 is 0 Å². The van der Waals surface area contributed by atoms with Gasteiger partial charge < -0.3 is 26.2 Å². The number of nitrogens with one attached hydrogen (secondary N) is 4. The molecular formula is C24H37N5O3. The van der Waals surface area contributed by atoms with Crippen LogP contribution in [0.15, 0.2) is 24.3 Å². The number of carbonyl (C=O) groups is 3. The highest BCUT2D eigenvalue weighted by Gasteiger charge is 2.28. The maximum atomic E-state index is 12.7. The summed E-state index contributed by atoms with van der Waals surface area (Å²) in [5.74, 6) is -0.113. The van der Waals surface area contributed by atoms with E-state index in [2.05, 4.69) is 28.2 Å². The van der Waals surface area contributed by atoms with Gasteiger partial charge in [0.2, 0.25) is 5.91 Å². The molecule has 1 aliphatic carbocycles. The molecular weight excluding hydrogens is 406 g/mol. The Kier molecular flexibility index (Phi) is 9.19. The summed E-state index contributed by atoms with van der Waals surface area (Å²) in [5.41, 5.74) is 1.33. The second kappa shape index (κ2) is 12.3. The first-order chi connectivity index (χ1) is 15.5. The lowest BCUT2D eigenvalue weighted by atomic mass is 9.96. The summed E-state index contributed by atoms with van der Waals surface area (Å²) < 4.78 is 0. The van der Waals surface area contributed by atoms with E-state index in [-0.39, 0.29) is 29.9 Å². The molecule has 0 unspecified atom stereocenters. The number of urea groups is 2. The standard InChI is InChI=1S/C24H37N5O3/c1-2-3-15-25-22(30)18-8-7-16-29(17-18)24(32)28-21-13-11-20(12-14-21)27-23(31)26-19-9-5-4-6-10-19/h11-14,18-19H,2-10,15-17H2,1H3,(H,25,30)(H,28,32)(H2,26,27,31)/t18-/m0/s1. The number of anilines is 2. The van der Waals surface area contributed by atoms with Crippen LogP contribution in [0, 0.1) is 5.92 Å². The molecule has 8 heteroatoms. The molecule has 2 fully saturated rings. The van der Waals surface area contributed by atoms with Crippen LogP contribution in [0.2, 0.25) is 0 Å². The summed E-state index contributed by atoms with van der Waals surface area (Å²) in [7, 11) is 0. The Balaban J connectivity index is 1.44. The van der Waals surface area contributed by atoms with E-state index in [0.29, 0.717) is 31.0 Å². The monoisotopic (exact) mass is 443 g/mol. The first-order valence-corrected chi connectivity index (χ1v) is 12.1. The SMILES string of the molecule is CCCCNC(=O)[C@H]1CCCN(C(=O)Nc2ccc(NC(=O)NC3CCCCC3)cc2)C1. The zero-order chi connectivity index (χ0) is 22.8. The van der Waals surface area contributed by atoms with Crippen LogP contribution in [0.5, 0.6) is 0 Å². The zero-order valence-electron chi connectivity index (χ0n) is 19.1. The highest BCUT2D eigenvalue weighted by atomic mass is 16.2. The average molecular weight is 444 g/mol. The van der Waals surface area contributed by atoms with Gasteiger partial charge >= 0.3 is 12.1 Å². The molecule has 1 aromatic rings. The first kappa shape index (κ1) is 23.9. The molecule has 3 rings (SSSR count). The number of hydrogen-bond donors (Lipinski definition) is 4. The molecule has 1 saturated carbocycles. The van der Waals surface area contributed by atoms with E-state index in [9.17, 15) is 14.4 Å². The van der Waals surface area contributed by atoms with Crippen molar-refractivity contribution in [3.05, 3.63) is 24.3 Å². The van der Waals surface area contributed by atoms with Crippen LogP contribution in [0.3, 0.4) is 0 Å². The number of piperidine rings is 1. The molecule has 1 saturated heterocycles. The number of amides is 5. The third kappa shape index (κ3) is 7.43. The first-order valence-electron chi connectivity index (χ1n) is 12.1. The van der Waals surface area contributed by atoms with Gasteiger partial charge in [0.25, 0.3) is 0 Å². The second-order valence-electron chi connectivity index (χ2n) is 8.87. The normalized spacial score (nSPS) is 19.2. The van der Waals surface area contributed by atoms with Crippen molar-refractivity contribution in [2.45, 2.75) is 70.8 Å². The lowest BCUT2D eigenvalue weighted by Crippen LogP contribution is -2.47. The van der Waals surface area contributed by atoms with Gasteiger partial charge in [-0.15, -0.1) is 0 Å². The smallest absolute Gasteiger partial charge is 0.321 e. The minimum atomic E-state index is -0.202. The van der Waals surface area contributed by atoms with E-state index < -0.39 is 0 Å². The summed E-state index contributed by atoms with van der Waals surface area (Å²) in [4.78, 5) is 38.9. The molecule has 2 aliphatic rings. The molecule has 5 amide bonds. The van der Waals surface area contributed by atoms with Crippen LogP contribution in [0.4, 0.5) is 21.0 Å². The largest absolute Gasteiger partial charge is 0.356 e. The van der Waals surface area contributed by atoms with Crippen molar-refractivity contribution in [3.63, 3.8) is 0 Å². The Morgan fingerprint density at radius 3 is 2.31 bits per heavy atom. The Morgan fingerprint density at radius 1 is 0.938 bits per heavy atom. The van der Waals surface area contributed by atoms with Crippen molar-refractivity contribution in [1.82, 2.24) is 15.5 Å². The molecule has 1 aliphatic heterocycles. The number of unbranched alkanes of at least 4 members (excludes halogenated alkanes) is 1. The van der Waals surface area contributed by atoms with E-state index in [0.717, 1.165) is 38.5 Å². The molecule has 176 valence electrons. The molecule has 0 radical (unpaired) electrons. The molecule has 0 aromatic heterocycles. The van der Waals surface area contributed by atoms with Crippen molar-refractivity contribution in [3.8, 4) is 0 Å². The van der Waals surface area contributed by atoms with Crippen LogP contribution in [-0.2, 0) is 4.79 Å². The molecule has 4 N–H and O–H groups in total. The Hall–Kier alpha value is -2.77. The fraction of sp³-hybridized carbons (Fsp3) is 0.625. The van der Waals surface area contributed by atoms with E-state index in [1.807, 2.05) is 0 Å². The zero-order valence-corrected chi connectivity index (χ0v) is 19.1. The van der Waals surface area contributed by atoms with Gasteiger partial charge in [-0.3, -0.25) is 4.79 Å². The topological polar surface area (TPSA) is 103 Å². The van der Waals surface area contributed by atoms with E-state index in [4.69, 9.17) is 0 Å². The summed E-state index contributed by atoms with van der Waals surface area (Å²) in [6, 6.07) is 6.95. The fourth-order valence-corrected chi connectivity index (χ4v) is 4.35. The van der Waals surface area contributed by atoms with Gasteiger partial charge in [0.1, 0.15) is 0 Å². The van der Waals surface area contributed by atoms with E-state index >= 15 is 0 Å². The summed E-state index contributed by atoms with van der Waals surface area (Å²) in [6.45, 7) is 3.86. The van der Waals surface area contributed by atoms with Gasteiger partial charge in [0.15, 0.2) is 0 Å². The van der Waals surface area contributed by atoms with Crippen LogP contribution in [-0.4, -0.2) is 48.5 Å². The maximum absolute atomic E-state index is 12.7. The Bertz CT molecular complexity index is 761. The number of carbonyl (C=O) groups excluding carboxylic acids is 3. The molecule has 0 bridgehead atoms. The van der Waals surface area contributed by atoms with Gasteiger partial charge in [-0.05, 0) is 56.4 Å². The molecule has 32 heavy (non-hydrogen) atoms. The third-order valence-electron chi connectivity index (χ3n) is 6.24. The maximum Gasteiger partial charge on any atom is 0.321 e. The molecule has 1 aromatic carbocycles. The van der Waals surface area contributed by atoms with Gasteiger partial charge in [0.05, 0.1) is 5.92 Å². The second-order valence-corrected chi connectivity index (χ2v) is 8.87. The highest BCUT2D eigenvalue weighted by molar-refractivity contribution is 5.92. The van der Waals surface area contributed by atoms with E-state index in [1.165, 1.54) is 19.3 Å². The predicted molar refractivity (Wildman–Crippen MR) is 127 cm³/mol. The number of nitrogens with zero attached hydrogens (tertiary/aromatic N) is 1. The predicted octanol–water partition coefficient (Wildman–Crippen LogP) is 4.30. The highest BCUT2D eigenvalue weighted by Crippen LogP contribution is 2.20. The lowest BCUT2D eigenvalue weighted by Gasteiger charge is -2.32. The minimum Gasteiger partial charge on any atom is -0.356 e. The van der Waals surface area contributed by atoms with E-state index in [1.54, 1.807) is 29.2 Å². The van der Waals surface area contributed by atoms with Crippen LogP contribution in [0.1, 0.15) is 64.7 Å². The molecule has 8 nitrogen and oxygen atoms in total. The lowest BCUT2D eigenvalue weighted by molar-refractivity contribution is -0.126. The number of hydrogen-bond acceptors (Lipinski definition) is 3. The summed E-state index contributed by atoms with van der Waals surface area (Å²) in [5, 5.41) is 11.8. The number of rotatable bonds is 7. The van der Waals surface area contributed by atoms with Crippen molar-refractivity contribution < 1.29 is 14.4 Å². The average Bonchev–Trinajstić information content (AvgIpc) is 2.81. The molecule has 0 spiro atoms. The Labute approximate surface area is 190 Å². The van der Waals surface area contributed by atoms with Crippen LogP contribution < -0.4 is 21.3 Å². The third-order valence-corrected chi connectivity index (χ3v) is 6.24. The van der Waals surface area contributed by atoms with Gasteiger partial charge in [-0.1, -0.05) is 32.6 Å². The van der Waals surface area contributed by atoms with Gasteiger partial charge in [-0.25, -0.2) is 9.59 Å². The van der Waals surface area contributed by atoms with Crippen molar-refractivity contribution in [2.24, 2.45) is 5.92 Å². The van der Waals surface area contributed by atoms with Crippen molar-refractivity contribution >= 4 is 29.3 Å². The minimum absolute atomic E-state index is 0.0397. The van der Waals surface area contributed by atoms with Crippen molar-refractivity contribution in [2.75, 3.05) is 30.3 Å². The summed E-state index contributed by atoms with van der Waals surface area (Å²) in [6.07, 6.45) is 9.29. The van der Waals surface area contributed by atoms with Crippen molar-refractivity contribution in [1.29, 1.82) is 0 Å². The van der Waals surface area contributed by atoms with Crippen LogP contribution in [0.25, 0.3) is 0 Å².